The smallest absolute Gasteiger partial charge is 0.375 e. The van der Waals surface area contributed by atoms with Crippen molar-refractivity contribution in [3.8, 4) is 0 Å². The van der Waals surface area contributed by atoms with Gasteiger partial charge < -0.3 is 14.9 Å². The first kappa shape index (κ1) is 14.1. The molecule has 0 saturated carbocycles. The molecule has 7 heteroatoms. The van der Waals surface area contributed by atoms with Crippen LogP contribution < -0.4 is 11.2 Å². The summed E-state index contributed by atoms with van der Waals surface area (Å²) in [7, 11) is 0. The van der Waals surface area contributed by atoms with Gasteiger partial charge in [-0.05, 0) is 25.1 Å². The summed E-state index contributed by atoms with van der Waals surface area (Å²) in [5.41, 5.74) is 4.73. The standard InChI is InChI=1S/C13H10ClNO5/c1-6(12(15)17)19-13(18)11-5-9(16)8-4-7(14)2-3-10(8)20-11/h2-6H,1H3,(H2,15,17)/t6-/m1/s1. The van der Waals surface area contributed by atoms with E-state index < -0.39 is 23.4 Å². The van der Waals surface area contributed by atoms with Crippen LogP contribution in [0.2, 0.25) is 5.02 Å². The van der Waals surface area contributed by atoms with E-state index in [4.69, 9.17) is 26.5 Å². The molecule has 1 atom stereocenters. The van der Waals surface area contributed by atoms with Crippen LogP contribution in [0, 0.1) is 0 Å². The number of primary amides is 1. The highest BCUT2D eigenvalue weighted by Gasteiger charge is 2.19. The van der Waals surface area contributed by atoms with Gasteiger partial charge in [-0.25, -0.2) is 4.79 Å². The molecule has 20 heavy (non-hydrogen) atoms. The van der Waals surface area contributed by atoms with E-state index in [1.807, 2.05) is 0 Å². The minimum atomic E-state index is -1.12. The van der Waals surface area contributed by atoms with Gasteiger partial charge in [-0.3, -0.25) is 9.59 Å². The normalized spacial score (nSPS) is 12.1. The van der Waals surface area contributed by atoms with E-state index >= 15 is 0 Å². The molecular weight excluding hydrogens is 286 g/mol. The lowest BCUT2D eigenvalue weighted by atomic mass is 10.2. The maximum Gasteiger partial charge on any atom is 0.375 e. The second-order valence-corrected chi connectivity index (χ2v) is 4.50. The van der Waals surface area contributed by atoms with Crippen LogP contribution in [0.25, 0.3) is 11.0 Å². The highest BCUT2D eigenvalue weighted by Crippen LogP contribution is 2.18. The highest BCUT2D eigenvalue weighted by atomic mass is 35.5. The summed E-state index contributed by atoms with van der Waals surface area (Å²) in [5.74, 6) is -2.04. The van der Waals surface area contributed by atoms with E-state index in [-0.39, 0.29) is 16.7 Å². The van der Waals surface area contributed by atoms with Crippen LogP contribution in [0.3, 0.4) is 0 Å². The number of amides is 1. The third kappa shape index (κ3) is 2.80. The van der Waals surface area contributed by atoms with Crippen molar-refractivity contribution in [2.24, 2.45) is 5.73 Å². The van der Waals surface area contributed by atoms with Crippen LogP contribution in [0.5, 0.6) is 0 Å². The average Bonchev–Trinajstić information content (AvgIpc) is 2.39. The number of hydrogen-bond acceptors (Lipinski definition) is 5. The molecule has 2 N–H and O–H groups in total. The summed E-state index contributed by atoms with van der Waals surface area (Å²) in [4.78, 5) is 34.4. The Labute approximate surface area is 118 Å². The van der Waals surface area contributed by atoms with Crippen molar-refractivity contribution in [1.29, 1.82) is 0 Å². The van der Waals surface area contributed by atoms with Crippen molar-refractivity contribution in [3.63, 3.8) is 0 Å². The van der Waals surface area contributed by atoms with Gasteiger partial charge >= 0.3 is 5.97 Å². The van der Waals surface area contributed by atoms with Gasteiger partial charge in [0.1, 0.15) is 5.58 Å². The van der Waals surface area contributed by atoms with Crippen LogP contribution in [-0.2, 0) is 9.53 Å². The molecule has 1 heterocycles. The Balaban J connectivity index is 2.41. The third-order valence-corrected chi connectivity index (χ3v) is 2.81. The zero-order valence-electron chi connectivity index (χ0n) is 10.4. The van der Waals surface area contributed by atoms with Crippen molar-refractivity contribution in [3.05, 3.63) is 45.3 Å². The van der Waals surface area contributed by atoms with Crippen LogP contribution in [0.1, 0.15) is 17.5 Å². The topological polar surface area (TPSA) is 99.6 Å². The molecule has 2 aromatic rings. The van der Waals surface area contributed by atoms with Crippen molar-refractivity contribution in [1.82, 2.24) is 0 Å². The van der Waals surface area contributed by atoms with Crippen LogP contribution in [0.4, 0.5) is 0 Å². The molecule has 0 aliphatic carbocycles. The second kappa shape index (κ2) is 5.34. The van der Waals surface area contributed by atoms with Crippen LogP contribution in [0.15, 0.2) is 33.5 Å². The molecule has 2 rings (SSSR count). The van der Waals surface area contributed by atoms with Gasteiger partial charge in [-0.15, -0.1) is 0 Å². The molecule has 0 fully saturated rings. The Hall–Kier alpha value is -2.34. The van der Waals surface area contributed by atoms with Crippen molar-refractivity contribution in [2.75, 3.05) is 0 Å². The zero-order chi connectivity index (χ0) is 14.9. The van der Waals surface area contributed by atoms with E-state index in [0.29, 0.717) is 5.02 Å². The Morgan fingerprint density at radius 2 is 2.05 bits per heavy atom. The lowest BCUT2D eigenvalue weighted by Crippen LogP contribution is -2.30. The predicted molar refractivity (Wildman–Crippen MR) is 71.6 cm³/mol. The van der Waals surface area contributed by atoms with Gasteiger partial charge in [-0.1, -0.05) is 11.6 Å². The number of rotatable bonds is 3. The van der Waals surface area contributed by atoms with Crippen molar-refractivity contribution < 1.29 is 18.7 Å². The van der Waals surface area contributed by atoms with E-state index in [9.17, 15) is 14.4 Å². The van der Waals surface area contributed by atoms with Crippen molar-refractivity contribution in [2.45, 2.75) is 13.0 Å². The largest absolute Gasteiger partial charge is 0.449 e. The van der Waals surface area contributed by atoms with E-state index in [0.717, 1.165) is 6.07 Å². The predicted octanol–water partition coefficient (Wildman–Crippen LogP) is 1.48. The molecule has 1 amide bonds. The fraction of sp³-hybridized carbons (Fsp3) is 0.154. The average molecular weight is 296 g/mol. The quantitative estimate of drug-likeness (QED) is 0.864. The van der Waals surface area contributed by atoms with Crippen molar-refractivity contribution >= 4 is 34.4 Å². The highest BCUT2D eigenvalue weighted by molar-refractivity contribution is 6.31. The van der Waals surface area contributed by atoms with E-state index in [1.54, 1.807) is 0 Å². The molecular formula is C13H10ClNO5. The summed E-state index contributed by atoms with van der Waals surface area (Å²) in [5, 5.41) is 0.625. The second-order valence-electron chi connectivity index (χ2n) is 4.07. The molecule has 1 aromatic heterocycles. The van der Waals surface area contributed by atoms with Gasteiger partial charge in [0.15, 0.2) is 11.5 Å². The summed E-state index contributed by atoms with van der Waals surface area (Å²) in [6.07, 6.45) is -1.12. The number of benzene rings is 1. The molecule has 0 radical (unpaired) electrons. The molecule has 0 aliphatic heterocycles. The number of esters is 1. The van der Waals surface area contributed by atoms with E-state index in [1.165, 1.54) is 25.1 Å². The number of carbonyl (C=O) groups excluding carboxylic acids is 2. The monoisotopic (exact) mass is 295 g/mol. The van der Waals surface area contributed by atoms with Crippen LogP contribution in [-0.4, -0.2) is 18.0 Å². The van der Waals surface area contributed by atoms with Gasteiger partial charge in [0.25, 0.3) is 5.91 Å². The molecule has 0 bridgehead atoms. The van der Waals surface area contributed by atoms with Gasteiger partial charge in [0, 0.05) is 11.1 Å². The number of nitrogens with two attached hydrogens (primary N) is 1. The summed E-state index contributed by atoms with van der Waals surface area (Å²) in [6, 6.07) is 5.40. The Kier molecular flexibility index (Phi) is 3.76. The maximum absolute atomic E-state index is 11.9. The summed E-state index contributed by atoms with van der Waals surface area (Å²) < 4.78 is 10.0. The minimum absolute atomic E-state index is 0.195. The lowest BCUT2D eigenvalue weighted by molar-refractivity contribution is -0.125. The molecule has 0 unspecified atom stereocenters. The molecule has 104 valence electrons. The zero-order valence-corrected chi connectivity index (χ0v) is 11.1. The van der Waals surface area contributed by atoms with Gasteiger partial charge in [0.05, 0.1) is 5.39 Å². The first-order valence-electron chi connectivity index (χ1n) is 5.62. The Morgan fingerprint density at radius 1 is 1.35 bits per heavy atom. The van der Waals surface area contributed by atoms with Gasteiger partial charge in [-0.2, -0.15) is 0 Å². The van der Waals surface area contributed by atoms with E-state index in [2.05, 4.69) is 0 Å². The molecule has 0 aliphatic rings. The molecule has 0 saturated heterocycles. The minimum Gasteiger partial charge on any atom is -0.449 e. The first-order chi connectivity index (χ1) is 9.38. The SMILES string of the molecule is C[C@@H](OC(=O)c1cc(=O)c2cc(Cl)ccc2o1)C(N)=O. The third-order valence-electron chi connectivity index (χ3n) is 2.57. The summed E-state index contributed by atoms with van der Waals surface area (Å²) in [6.45, 7) is 1.32. The number of ether oxygens (including phenoxy) is 1. The fourth-order valence-corrected chi connectivity index (χ4v) is 1.68. The maximum atomic E-state index is 11.9. The fourth-order valence-electron chi connectivity index (χ4n) is 1.51. The van der Waals surface area contributed by atoms with Crippen LogP contribution >= 0.6 is 11.6 Å². The molecule has 0 spiro atoms. The Morgan fingerprint density at radius 3 is 2.70 bits per heavy atom. The molecule has 6 nitrogen and oxygen atoms in total. The lowest BCUT2D eigenvalue weighted by Gasteiger charge is -2.09. The molecule has 1 aromatic carbocycles. The number of halogens is 1. The number of hydrogen-bond donors (Lipinski definition) is 1. The summed E-state index contributed by atoms with van der Waals surface area (Å²) >= 11 is 5.77. The van der Waals surface area contributed by atoms with Gasteiger partial charge in [0.2, 0.25) is 5.76 Å². The number of carbonyl (C=O) groups is 2. The Bertz CT molecular complexity index is 752. The first-order valence-corrected chi connectivity index (χ1v) is 6.00. The number of fused-ring (bicyclic) bond motifs is 1.